The zero-order chi connectivity index (χ0) is 16.9. The number of imide groups is 1. The maximum absolute atomic E-state index is 12.0. The van der Waals surface area contributed by atoms with Gasteiger partial charge in [-0.15, -0.1) is 0 Å². The molecule has 0 aromatic carbocycles. The Balaban J connectivity index is 1.44. The van der Waals surface area contributed by atoms with Crippen molar-refractivity contribution in [2.24, 2.45) is 5.92 Å². The van der Waals surface area contributed by atoms with E-state index in [-0.39, 0.29) is 43.5 Å². The fourth-order valence-electron chi connectivity index (χ4n) is 3.52. The van der Waals surface area contributed by atoms with Gasteiger partial charge in [-0.2, -0.15) is 5.10 Å². The summed E-state index contributed by atoms with van der Waals surface area (Å²) in [7, 11) is 0. The lowest BCUT2D eigenvalue weighted by molar-refractivity contribution is -0.138. The topological polar surface area (TPSA) is 95.2 Å². The standard InChI is InChI=1S/C17H24N4O3/c22-15(8-9-21-16(23)6-7-17(21)24)18-14-11-13(19-20-14)10-12-4-2-1-3-5-12/h11-12H,1-10H2,(H2,18,19,20,22). The van der Waals surface area contributed by atoms with Crippen LogP contribution in [0.3, 0.4) is 0 Å². The molecule has 2 heterocycles. The molecule has 0 radical (unpaired) electrons. The molecular weight excluding hydrogens is 308 g/mol. The average Bonchev–Trinajstić information content (AvgIpc) is 3.13. The molecule has 2 aliphatic rings. The first-order valence-electron chi connectivity index (χ1n) is 8.79. The zero-order valence-corrected chi connectivity index (χ0v) is 13.8. The molecule has 1 aromatic rings. The number of amides is 3. The molecule has 0 spiro atoms. The first kappa shape index (κ1) is 16.7. The molecule has 3 amide bonds. The summed E-state index contributed by atoms with van der Waals surface area (Å²) >= 11 is 0. The summed E-state index contributed by atoms with van der Waals surface area (Å²) in [4.78, 5) is 36.1. The lowest BCUT2D eigenvalue weighted by Gasteiger charge is -2.20. The monoisotopic (exact) mass is 332 g/mol. The molecule has 1 aliphatic heterocycles. The lowest BCUT2D eigenvalue weighted by atomic mass is 9.86. The predicted molar refractivity (Wildman–Crippen MR) is 88.1 cm³/mol. The van der Waals surface area contributed by atoms with Gasteiger partial charge in [0.2, 0.25) is 17.7 Å². The van der Waals surface area contributed by atoms with Crippen LogP contribution < -0.4 is 5.32 Å². The number of hydrogen-bond donors (Lipinski definition) is 2. The van der Waals surface area contributed by atoms with Gasteiger partial charge in [0, 0.05) is 37.6 Å². The minimum atomic E-state index is -0.238. The molecule has 7 nitrogen and oxygen atoms in total. The van der Waals surface area contributed by atoms with Crippen LogP contribution in [-0.4, -0.2) is 39.4 Å². The van der Waals surface area contributed by atoms with Crippen molar-refractivity contribution in [2.75, 3.05) is 11.9 Å². The van der Waals surface area contributed by atoms with Gasteiger partial charge in [0.15, 0.2) is 5.82 Å². The van der Waals surface area contributed by atoms with Gasteiger partial charge >= 0.3 is 0 Å². The van der Waals surface area contributed by atoms with E-state index in [9.17, 15) is 14.4 Å². The Morgan fingerprint density at radius 3 is 2.62 bits per heavy atom. The molecule has 1 aliphatic carbocycles. The van der Waals surface area contributed by atoms with E-state index in [1.807, 2.05) is 6.07 Å². The lowest BCUT2D eigenvalue weighted by Crippen LogP contribution is -2.32. The largest absolute Gasteiger partial charge is 0.309 e. The number of hydrogen-bond acceptors (Lipinski definition) is 4. The van der Waals surface area contributed by atoms with E-state index < -0.39 is 0 Å². The normalized spacial score (nSPS) is 19.1. The van der Waals surface area contributed by atoms with Gasteiger partial charge in [-0.1, -0.05) is 32.1 Å². The van der Waals surface area contributed by atoms with Crippen LogP contribution in [-0.2, 0) is 20.8 Å². The molecule has 0 bridgehead atoms. The first-order valence-corrected chi connectivity index (χ1v) is 8.79. The maximum atomic E-state index is 12.0. The summed E-state index contributed by atoms with van der Waals surface area (Å²) in [6, 6.07) is 1.87. The molecule has 2 N–H and O–H groups in total. The van der Waals surface area contributed by atoms with Crippen LogP contribution in [0.2, 0.25) is 0 Å². The maximum Gasteiger partial charge on any atom is 0.229 e. The molecule has 24 heavy (non-hydrogen) atoms. The molecule has 3 rings (SSSR count). The number of aromatic amines is 1. The van der Waals surface area contributed by atoms with Crippen LogP contribution in [0.25, 0.3) is 0 Å². The van der Waals surface area contributed by atoms with Crippen molar-refractivity contribution in [3.8, 4) is 0 Å². The Labute approximate surface area is 141 Å². The van der Waals surface area contributed by atoms with E-state index in [2.05, 4.69) is 15.5 Å². The van der Waals surface area contributed by atoms with E-state index >= 15 is 0 Å². The second-order valence-electron chi connectivity index (χ2n) is 6.72. The summed E-state index contributed by atoms with van der Waals surface area (Å²) in [5, 5.41) is 9.84. The number of carbonyl (C=O) groups excluding carboxylic acids is 3. The van der Waals surface area contributed by atoms with Crippen LogP contribution in [0.1, 0.15) is 57.1 Å². The van der Waals surface area contributed by atoms with Crippen molar-refractivity contribution in [2.45, 2.75) is 57.8 Å². The Bertz CT molecular complexity index is 603. The van der Waals surface area contributed by atoms with Crippen LogP contribution in [0, 0.1) is 5.92 Å². The minimum absolute atomic E-state index is 0.0995. The summed E-state index contributed by atoms with van der Waals surface area (Å²) in [6.45, 7) is 0.142. The third-order valence-electron chi connectivity index (χ3n) is 4.85. The predicted octanol–water partition coefficient (Wildman–Crippen LogP) is 2.01. The highest BCUT2D eigenvalue weighted by atomic mass is 16.2. The van der Waals surface area contributed by atoms with Gasteiger partial charge in [-0.05, 0) is 12.3 Å². The number of nitrogens with one attached hydrogen (secondary N) is 2. The Kier molecular flexibility index (Phi) is 5.27. The zero-order valence-electron chi connectivity index (χ0n) is 13.8. The van der Waals surface area contributed by atoms with E-state index in [0.717, 1.165) is 12.1 Å². The highest BCUT2D eigenvalue weighted by molar-refractivity contribution is 6.02. The number of carbonyl (C=O) groups is 3. The average molecular weight is 332 g/mol. The molecule has 1 saturated carbocycles. The van der Waals surface area contributed by atoms with Crippen molar-refractivity contribution < 1.29 is 14.4 Å². The fraction of sp³-hybridized carbons (Fsp3) is 0.647. The van der Waals surface area contributed by atoms with Crippen LogP contribution in [0.4, 0.5) is 5.82 Å². The molecular formula is C17H24N4O3. The van der Waals surface area contributed by atoms with Crippen molar-refractivity contribution in [1.82, 2.24) is 15.1 Å². The second kappa shape index (κ2) is 7.59. The van der Waals surface area contributed by atoms with Crippen molar-refractivity contribution in [1.29, 1.82) is 0 Å². The number of rotatable bonds is 6. The fourth-order valence-corrected chi connectivity index (χ4v) is 3.52. The smallest absolute Gasteiger partial charge is 0.229 e. The SMILES string of the molecule is O=C(CCN1C(=O)CCC1=O)Nc1cc(CC2CCCCC2)[nH]n1. The Hall–Kier alpha value is -2.18. The van der Waals surface area contributed by atoms with Gasteiger partial charge in [-0.3, -0.25) is 24.4 Å². The van der Waals surface area contributed by atoms with Crippen molar-refractivity contribution in [3.63, 3.8) is 0 Å². The van der Waals surface area contributed by atoms with E-state index in [0.29, 0.717) is 11.7 Å². The minimum Gasteiger partial charge on any atom is -0.309 e. The van der Waals surface area contributed by atoms with Crippen LogP contribution >= 0.6 is 0 Å². The molecule has 0 unspecified atom stereocenters. The Morgan fingerprint density at radius 1 is 1.21 bits per heavy atom. The summed E-state index contributed by atoms with van der Waals surface area (Å²) in [5.74, 6) is 0.586. The van der Waals surface area contributed by atoms with Gasteiger partial charge in [0.05, 0.1) is 0 Å². The third-order valence-corrected chi connectivity index (χ3v) is 4.85. The van der Waals surface area contributed by atoms with E-state index in [1.54, 1.807) is 0 Å². The first-order chi connectivity index (χ1) is 11.6. The van der Waals surface area contributed by atoms with Gasteiger partial charge in [0.1, 0.15) is 0 Å². The van der Waals surface area contributed by atoms with Crippen LogP contribution in [0.15, 0.2) is 6.07 Å². The number of H-pyrrole nitrogens is 1. The summed E-state index contributed by atoms with van der Waals surface area (Å²) < 4.78 is 0. The number of nitrogens with zero attached hydrogens (tertiary/aromatic N) is 2. The third kappa shape index (κ3) is 4.21. The van der Waals surface area contributed by atoms with Crippen LogP contribution in [0.5, 0.6) is 0 Å². The number of aromatic nitrogens is 2. The van der Waals surface area contributed by atoms with Crippen molar-refractivity contribution in [3.05, 3.63) is 11.8 Å². The molecule has 1 saturated heterocycles. The number of likely N-dealkylation sites (tertiary alicyclic amines) is 1. The number of anilines is 1. The molecule has 130 valence electrons. The molecule has 7 heteroatoms. The summed E-state index contributed by atoms with van der Waals surface area (Å²) in [5.41, 5.74) is 1.04. The summed E-state index contributed by atoms with van der Waals surface area (Å²) in [6.07, 6.45) is 8.04. The van der Waals surface area contributed by atoms with Gasteiger partial charge in [0.25, 0.3) is 0 Å². The van der Waals surface area contributed by atoms with E-state index in [4.69, 9.17) is 0 Å². The molecule has 1 aromatic heterocycles. The molecule has 2 fully saturated rings. The van der Waals surface area contributed by atoms with Gasteiger partial charge in [-0.25, -0.2) is 0 Å². The van der Waals surface area contributed by atoms with Gasteiger partial charge < -0.3 is 5.32 Å². The Morgan fingerprint density at radius 2 is 1.92 bits per heavy atom. The second-order valence-corrected chi connectivity index (χ2v) is 6.72. The van der Waals surface area contributed by atoms with E-state index in [1.165, 1.54) is 37.0 Å². The highest BCUT2D eigenvalue weighted by Gasteiger charge is 2.28. The molecule has 0 atom stereocenters. The quantitative estimate of drug-likeness (QED) is 0.779. The van der Waals surface area contributed by atoms with Crippen molar-refractivity contribution >= 4 is 23.5 Å². The highest BCUT2D eigenvalue weighted by Crippen LogP contribution is 2.26.